The summed E-state index contributed by atoms with van der Waals surface area (Å²) in [6.07, 6.45) is -9.86. The molecule has 2 N–H and O–H groups in total. The Morgan fingerprint density at radius 1 is 0.578 bits per heavy atom. The molecule has 45 heavy (non-hydrogen) atoms. The summed E-state index contributed by atoms with van der Waals surface area (Å²) in [6.45, 7) is 0. The van der Waals surface area contributed by atoms with Crippen molar-refractivity contribution >= 4 is 57.8 Å². The van der Waals surface area contributed by atoms with Crippen molar-refractivity contribution in [2.24, 2.45) is 0 Å². The summed E-state index contributed by atoms with van der Waals surface area (Å²) in [5.41, 5.74) is -7.23. The van der Waals surface area contributed by atoms with Crippen LogP contribution < -0.4 is 4.74 Å². The molecule has 0 unspecified atom stereocenters. The average molecular weight is 718 g/mol. The van der Waals surface area contributed by atoms with Gasteiger partial charge in [0.05, 0.1) is 52.2 Å². The maximum Gasteiger partial charge on any atom is 0.416 e. The molecule has 4 aromatic carbocycles. The number of benzene rings is 4. The summed E-state index contributed by atoms with van der Waals surface area (Å²) in [5.74, 6) is -3.65. The normalized spacial score (nSPS) is 11.9. The molecule has 0 atom stereocenters. The number of alkyl halides is 6. The summed E-state index contributed by atoms with van der Waals surface area (Å²) >= 11 is 24.4. The van der Waals surface area contributed by atoms with Crippen molar-refractivity contribution in [3.05, 3.63) is 100.0 Å². The SMILES string of the molecule is O=[N+]([O-])c1ccc(Oc2ccc([N+](=O)[O-])c(O)c2-c2c(Cl)cc(C(F)(F)F)cc2Cl)c(-c2c(Cl)cc(C(F)(F)F)cc2Cl)c1O. The highest BCUT2D eigenvalue weighted by atomic mass is 35.5. The van der Waals surface area contributed by atoms with Gasteiger partial charge in [0.2, 0.25) is 11.5 Å². The standard InChI is InChI=1S/C26H10Cl4F6N2O7/c27-11-5-9(25(31,32)33)6-12(28)19(11)21-17(3-1-15(23(21)39)37(41)42)45-18-4-2-16(38(43)44)24(40)22(18)20-13(29)7-10(8-14(20)30)26(34,35)36/h1-8,39-40H. The van der Waals surface area contributed by atoms with Gasteiger partial charge in [-0.2, -0.15) is 26.3 Å². The molecule has 236 valence electrons. The fourth-order valence-corrected chi connectivity index (χ4v) is 5.49. The molecule has 0 radical (unpaired) electrons. The molecule has 0 aliphatic rings. The number of hydrogen-bond acceptors (Lipinski definition) is 7. The number of phenolic OH excluding ortho intramolecular Hbond substituents is 2. The van der Waals surface area contributed by atoms with Crippen molar-refractivity contribution in [1.82, 2.24) is 0 Å². The molecule has 0 aliphatic carbocycles. The first kappa shape index (κ1) is 33.7. The molecule has 0 bridgehead atoms. The third kappa shape index (κ3) is 6.47. The van der Waals surface area contributed by atoms with Crippen LogP contribution in [0.4, 0.5) is 37.7 Å². The van der Waals surface area contributed by atoms with Gasteiger partial charge in [-0.15, -0.1) is 0 Å². The van der Waals surface area contributed by atoms with E-state index in [2.05, 4.69) is 0 Å². The molecule has 19 heteroatoms. The smallest absolute Gasteiger partial charge is 0.416 e. The predicted molar refractivity (Wildman–Crippen MR) is 151 cm³/mol. The van der Waals surface area contributed by atoms with Crippen molar-refractivity contribution in [3.8, 4) is 45.3 Å². The van der Waals surface area contributed by atoms with Gasteiger partial charge in [0, 0.05) is 23.3 Å². The van der Waals surface area contributed by atoms with E-state index >= 15 is 0 Å². The molecule has 9 nitrogen and oxygen atoms in total. The Bertz CT molecular complexity index is 1720. The largest absolute Gasteiger partial charge is 0.502 e. The van der Waals surface area contributed by atoms with Gasteiger partial charge >= 0.3 is 23.7 Å². The number of halogens is 10. The van der Waals surface area contributed by atoms with E-state index in [4.69, 9.17) is 51.1 Å². The van der Waals surface area contributed by atoms with E-state index in [1.54, 1.807) is 0 Å². The Morgan fingerprint density at radius 3 is 1.11 bits per heavy atom. The van der Waals surface area contributed by atoms with E-state index in [9.17, 15) is 56.8 Å². The van der Waals surface area contributed by atoms with E-state index in [0.717, 1.165) is 12.1 Å². The lowest BCUT2D eigenvalue weighted by Gasteiger charge is -2.20. The quantitative estimate of drug-likeness (QED) is 0.115. The first-order valence-electron chi connectivity index (χ1n) is 11.6. The van der Waals surface area contributed by atoms with Gasteiger partial charge in [-0.05, 0) is 36.4 Å². The number of aromatic hydroxyl groups is 2. The Morgan fingerprint density at radius 2 is 0.867 bits per heavy atom. The third-order valence-electron chi connectivity index (χ3n) is 6.09. The lowest BCUT2D eigenvalue weighted by Crippen LogP contribution is -2.06. The summed E-state index contributed by atoms with van der Waals surface area (Å²) in [7, 11) is 0. The van der Waals surface area contributed by atoms with E-state index < -0.39 is 110 Å². The van der Waals surface area contributed by atoms with Gasteiger partial charge in [0.15, 0.2) is 0 Å². The maximum absolute atomic E-state index is 13.4. The zero-order valence-corrected chi connectivity index (χ0v) is 24.3. The summed E-state index contributed by atoms with van der Waals surface area (Å²) in [6, 6.07) is 4.76. The second-order valence-corrected chi connectivity index (χ2v) is 10.5. The fourth-order valence-electron chi connectivity index (χ4n) is 4.14. The lowest BCUT2D eigenvalue weighted by atomic mass is 9.99. The predicted octanol–water partition coefficient (Wildman–Crippen LogP) is 10.7. The number of rotatable bonds is 6. The minimum absolute atomic E-state index is 0.412. The molecule has 0 spiro atoms. The number of nitro groups is 2. The van der Waals surface area contributed by atoms with Crippen molar-refractivity contribution < 1.29 is 51.1 Å². The van der Waals surface area contributed by atoms with Crippen molar-refractivity contribution in [2.45, 2.75) is 12.4 Å². The highest BCUT2D eigenvalue weighted by Crippen LogP contribution is 2.54. The Labute approximate surface area is 266 Å². The molecule has 0 saturated heterocycles. The maximum atomic E-state index is 13.4. The summed E-state index contributed by atoms with van der Waals surface area (Å²) < 4.78 is 85.9. The van der Waals surface area contributed by atoms with Gasteiger partial charge in [0.1, 0.15) is 11.5 Å². The van der Waals surface area contributed by atoms with Gasteiger partial charge in [-0.25, -0.2) is 0 Å². The molecule has 0 fully saturated rings. The molecule has 0 amide bonds. The molecular weight excluding hydrogens is 708 g/mol. The minimum atomic E-state index is -4.93. The molecule has 0 aliphatic heterocycles. The minimum Gasteiger partial charge on any atom is -0.502 e. The average Bonchev–Trinajstić information content (AvgIpc) is 2.89. The van der Waals surface area contributed by atoms with Crippen LogP contribution in [0.1, 0.15) is 11.1 Å². The van der Waals surface area contributed by atoms with Crippen LogP contribution in [0.25, 0.3) is 22.3 Å². The number of nitro benzene ring substituents is 2. The van der Waals surface area contributed by atoms with E-state index in [0.29, 0.717) is 36.4 Å². The highest BCUT2D eigenvalue weighted by Gasteiger charge is 2.36. The van der Waals surface area contributed by atoms with Crippen LogP contribution in [-0.4, -0.2) is 20.1 Å². The molecule has 4 aromatic rings. The number of ether oxygens (including phenoxy) is 1. The van der Waals surface area contributed by atoms with E-state index in [1.807, 2.05) is 0 Å². The first-order chi connectivity index (χ1) is 20.7. The van der Waals surface area contributed by atoms with Gasteiger partial charge < -0.3 is 14.9 Å². The number of phenols is 2. The van der Waals surface area contributed by atoms with Crippen LogP contribution in [0.3, 0.4) is 0 Å². The van der Waals surface area contributed by atoms with Crippen LogP contribution in [0.15, 0.2) is 48.5 Å². The van der Waals surface area contributed by atoms with Crippen molar-refractivity contribution in [2.75, 3.05) is 0 Å². The lowest BCUT2D eigenvalue weighted by molar-refractivity contribution is -0.385. The highest BCUT2D eigenvalue weighted by molar-refractivity contribution is 6.40. The van der Waals surface area contributed by atoms with Gasteiger partial charge in [-0.3, -0.25) is 20.2 Å². The zero-order valence-electron chi connectivity index (χ0n) is 21.2. The van der Waals surface area contributed by atoms with Crippen LogP contribution in [0.2, 0.25) is 20.1 Å². The molecule has 0 aromatic heterocycles. The summed E-state index contributed by atoms with van der Waals surface area (Å²) in [4.78, 5) is 21.0. The molecule has 0 saturated carbocycles. The summed E-state index contributed by atoms with van der Waals surface area (Å²) in [5, 5.41) is 41.8. The van der Waals surface area contributed by atoms with E-state index in [1.165, 1.54) is 0 Å². The van der Waals surface area contributed by atoms with Gasteiger partial charge in [0.25, 0.3) is 0 Å². The van der Waals surface area contributed by atoms with E-state index in [-0.39, 0.29) is 0 Å². The second-order valence-electron chi connectivity index (χ2n) is 8.85. The van der Waals surface area contributed by atoms with Crippen LogP contribution in [0.5, 0.6) is 23.0 Å². The van der Waals surface area contributed by atoms with Crippen LogP contribution in [0, 0.1) is 20.2 Å². The van der Waals surface area contributed by atoms with Crippen molar-refractivity contribution in [3.63, 3.8) is 0 Å². The number of hydrogen-bond donors (Lipinski definition) is 2. The Hall–Kier alpha value is -4.18. The molecular formula is C26H10Cl4F6N2O7. The Balaban J connectivity index is 2.05. The zero-order chi connectivity index (χ0) is 33.8. The van der Waals surface area contributed by atoms with Gasteiger partial charge in [-0.1, -0.05) is 46.4 Å². The Kier molecular flexibility index (Phi) is 8.96. The van der Waals surface area contributed by atoms with Crippen LogP contribution >= 0.6 is 46.4 Å². The monoisotopic (exact) mass is 716 g/mol. The van der Waals surface area contributed by atoms with Crippen molar-refractivity contribution in [1.29, 1.82) is 0 Å². The topological polar surface area (TPSA) is 136 Å². The second kappa shape index (κ2) is 12.0. The third-order valence-corrected chi connectivity index (χ3v) is 7.28. The number of nitrogens with zero attached hydrogens (tertiary/aromatic N) is 2. The first-order valence-corrected chi connectivity index (χ1v) is 13.1. The molecule has 4 rings (SSSR count). The molecule has 0 heterocycles. The van der Waals surface area contributed by atoms with Crippen LogP contribution in [-0.2, 0) is 12.4 Å². The fraction of sp³-hybridized carbons (Fsp3) is 0.0769.